The smallest absolute Gasteiger partial charge is 0.326 e. The Balaban J connectivity index is 1.88. The van der Waals surface area contributed by atoms with Crippen LogP contribution in [0.25, 0.3) is 0 Å². The summed E-state index contributed by atoms with van der Waals surface area (Å²) in [4.78, 5) is 14.6. The zero-order chi connectivity index (χ0) is 15.3. The number of carbonyl (C=O) groups excluding carboxylic acids is 1. The van der Waals surface area contributed by atoms with Gasteiger partial charge in [0.25, 0.3) is 0 Å². The molecule has 0 amide bonds. The van der Waals surface area contributed by atoms with Crippen LogP contribution < -0.4 is 5.32 Å². The molecule has 122 valence electrons. The maximum atomic E-state index is 12.2. The standard InChI is InChI=1S/C16H30N2O3/c1-4-20-15(19)16(17-2)9-8-13(11-16)18(3)12-14-7-5-6-10-21-14/h13-14,17H,4-12H2,1-3H3. The average molecular weight is 298 g/mol. The molecule has 0 spiro atoms. The van der Waals surface area contributed by atoms with Crippen LogP contribution in [0.3, 0.4) is 0 Å². The summed E-state index contributed by atoms with van der Waals surface area (Å²) in [5.74, 6) is -0.0997. The predicted molar refractivity (Wildman–Crippen MR) is 82.3 cm³/mol. The van der Waals surface area contributed by atoms with Crippen LogP contribution in [0.2, 0.25) is 0 Å². The Hall–Kier alpha value is -0.650. The first-order chi connectivity index (χ1) is 10.1. The van der Waals surface area contributed by atoms with Crippen molar-refractivity contribution in [3.05, 3.63) is 0 Å². The van der Waals surface area contributed by atoms with E-state index in [1.807, 2.05) is 14.0 Å². The molecule has 0 aromatic carbocycles. The van der Waals surface area contributed by atoms with Gasteiger partial charge in [0.2, 0.25) is 0 Å². The number of hydrogen-bond donors (Lipinski definition) is 1. The van der Waals surface area contributed by atoms with Gasteiger partial charge in [0.05, 0.1) is 12.7 Å². The maximum absolute atomic E-state index is 12.2. The second-order valence-corrected chi connectivity index (χ2v) is 6.38. The largest absolute Gasteiger partial charge is 0.465 e. The Kier molecular flexibility index (Phi) is 6.02. The molecule has 0 aromatic heterocycles. The molecule has 0 bridgehead atoms. The topological polar surface area (TPSA) is 50.8 Å². The first-order valence-corrected chi connectivity index (χ1v) is 8.29. The lowest BCUT2D eigenvalue weighted by Gasteiger charge is -2.32. The third-order valence-electron chi connectivity index (χ3n) is 5.02. The summed E-state index contributed by atoms with van der Waals surface area (Å²) in [6.45, 7) is 4.17. The zero-order valence-corrected chi connectivity index (χ0v) is 13.7. The molecule has 2 fully saturated rings. The van der Waals surface area contributed by atoms with Gasteiger partial charge in [0.15, 0.2) is 0 Å². The summed E-state index contributed by atoms with van der Waals surface area (Å²) in [5.41, 5.74) is -0.498. The molecule has 1 saturated carbocycles. The van der Waals surface area contributed by atoms with Gasteiger partial charge in [-0.3, -0.25) is 4.79 Å². The van der Waals surface area contributed by atoms with Crippen molar-refractivity contribution in [2.45, 2.75) is 63.1 Å². The van der Waals surface area contributed by atoms with Gasteiger partial charge in [-0.05, 0) is 59.5 Å². The minimum absolute atomic E-state index is 0.0997. The molecule has 5 heteroatoms. The first-order valence-electron chi connectivity index (χ1n) is 8.29. The van der Waals surface area contributed by atoms with E-state index in [0.717, 1.165) is 38.8 Å². The summed E-state index contributed by atoms with van der Waals surface area (Å²) in [6, 6.07) is 0.424. The summed E-state index contributed by atoms with van der Waals surface area (Å²) in [6.07, 6.45) is 6.68. The van der Waals surface area contributed by atoms with Crippen molar-refractivity contribution >= 4 is 5.97 Å². The molecule has 1 saturated heterocycles. The van der Waals surface area contributed by atoms with Crippen LogP contribution in [0, 0.1) is 0 Å². The predicted octanol–water partition coefficient (Wildman–Crippen LogP) is 1.56. The van der Waals surface area contributed by atoms with Crippen LogP contribution >= 0.6 is 0 Å². The molecule has 1 aliphatic heterocycles. The van der Waals surface area contributed by atoms with Crippen LogP contribution in [-0.2, 0) is 14.3 Å². The third kappa shape index (κ3) is 3.96. The van der Waals surface area contributed by atoms with Crippen molar-refractivity contribution in [1.82, 2.24) is 10.2 Å². The summed E-state index contributed by atoms with van der Waals surface area (Å²) in [5, 5.41) is 3.22. The SMILES string of the molecule is CCOC(=O)C1(NC)CCC(N(C)CC2CCCCO2)C1. The van der Waals surface area contributed by atoms with Crippen LogP contribution in [0.5, 0.6) is 0 Å². The number of carbonyl (C=O) groups is 1. The van der Waals surface area contributed by atoms with E-state index in [1.165, 1.54) is 12.8 Å². The highest BCUT2D eigenvalue weighted by Crippen LogP contribution is 2.34. The Bertz CT molecular complexity index is 344. The van der Waals surface area contributed by atoms with Gasteiger partial charge in [-0.15, -0.1) is 0 Å². The molecule has 5 nitrogen and oxygen atoms in total. The molecule has 1 N–H and O–H groups in total. The molecule has 1 aliphatic carbocycles. The Morgan fingerprint density at radius 1 is 1.43 bits per heavy atom. The number of hydrogen-bond acceptors (Lipinski definition) is 5. The Morgan fingerprint density at radius 3 is 2.86 bits per heavy atom. The van der Waals surface area contributed by atoms with Gasteiger partial charge in [-0.1, -0.05) is 0 Å². The fourth-order valence-corrected chi connectivity index (χ4v) is 3.60. The van der Waals surface area contributed by atoms with Crippen molar-refractivity contribution in [2.75, 3.05) is 33.9 Å². The van der Waals surface area contributed by atoms with Crippen LogP contribution in [-0.4, -0.2) is 62.4 Å². The molecular formula is C16H30N2O3. The van der Waals surface area contributed by atoms with E-state index in [-0.39, 0.29) is 5.97 Å². The lowest BCUT2D eigenvalue weighted by Crippen LogP contribution is -2.50. The van der Waals surface area contributed by atoms with E-state index in [1.54, 1.807) is 0 Å². The summed E-state index contributed by atoms with van der Waals surface area (Å²) < 4.78 is 11.1. The van der Waals surface area contributed by atoms with Crippen LogP contribution in [0.15, 0.2) is 0 Å². The Labute approximate surface area is 128 Å². The highest BCUT2D eigenvalue weighted by Gasteiger charge is 2.46. The number of rotatable bonds is 6. The molecule has 0 aromatic rings. The van der Waals surface area contributed by atoms with E-state index >= 15 is 0 Å². The van der Waals surface area contributed by atoms with Gasteiger partial charge < -0.3 is 19.7 Å². The number of ether oxygens (including phenoxy) is 2. The maximum Gasteiger partial charge on any atom is 0.326 e. The lowest BCUT2D eigenvalue weighted by atomic mass is 9.97. The van der Waals surface area contributed by atoms with Gasteiger partial charge in [-0.25, -0.2) is 0 Å². The average Bonchev–Trinajstić information content (AvgIpc) is 2.94. The molecule has 21 heavy (non-hydrogen) atoms. The molecule has 3 atom stereocenters. The van der Waals surface area contributed by atoms with Crippen LogP contribution in [0.1, 0.15) is 45.4 Å². The second kappa shape index (κ2) is 7.56. The molecule has 2 rings (SSSR count). The fourth-order valence-electron chi connectivity index (χ4n) is 3.60. The van der Waals surface area contributed by atoms with Crippen LogP contribution in [0.4, 0.5) is 0 Å². The quantitative estimate of drug-likeness (QED) is 0.754. The van der Waals surface area contributed by atoms with Crippen molar-refractivity contribution < 1.29 is 14.3 Å². The van der Waals surface area contributed by atoms with Crippen molar-refractivity contribution in [1.29, 1.82) is 0 Å². The highest BCUT2D eigenvalue weighted by molar-refractivity contribution is 5.81. The monoisotopic (exact) mass is 298 g/mol. The molecule has 2 aliphatic rings. The van der Waals surface area contributed by atoms with E-state index < -0.39 is 5.54 Å². The highest BCUT2D eigenvalue weighted by atomic mass is 16.5. The van der Waals surface area contributed by atoms with Crippen molar-refractivity contribution in [2.24, 2.45) is 0 Å². The molecule has 3 unspecified atom stereocenters. The minimum atomic E-state index is -0.498. The molecule has 1 heterocycles. The number of esters is 1. The first kappa shape index (κ1) is 16.7. The van der Waals surface area contributed by atoms with Crippen molar-refractivity contribution in [3.8, 4) is 0 Å². The normalized spacial score (nSPS) is 33.3. The number of likely N-dealkylation sites (N-methyl/N-ethyl adjacent to an activating group) is 2. The second-order valence-electron chi connectivity index (χ2n) is 6.38. The summed E-state index contributed by atoms with van der Waals surface area (Å²) in [7, 11) is 4.02. The Morgan fingerprint density at radius 2 is 2.24 bits per heavy atom. The van der Waals surface area contributed by atoms with E-state index in [0.29, 0.717) is 18.8 Å². The van der Waals surface area contributed by atoms with Gasteiger partial charge in [0, 0.05) is 19.2 Å². The van der Waals surface area contributed by atoms with E-state index in [4.69, 9.17) is 9.47 Å². The van der Waals surface area contributed by atoms with Gasteiger partial charge in [0.1, 0.15) is 5.54 Å². The minimum Gasteiger partial charge on any atom is -0.465 e. The zero-order valence-electron chi connectivity index (χ0n) is 13.7. The van der Waals surface area contributed by atoms with Crippen molar-refractivity contribution in [3.63, 3.8) is 0 Å². The third-order valence-corrected chi connectivity index (χ3v) is 5.02. The number of nitrogens with zero attached hydrogens (tertiary/aromatic N) is 1. The van der Waals surface area contributed by atoms with E-state index in [2.05, 4.69) is 17.3 Å². The van der Waals surface area contributed by atoms with Gasteiger partial charge >= 0.3 is 5.97 Å². The van der Waals surface area contributed by atoms with E-state index in [9.17, 15) is 4.79 Å². The molecule has 0 radical (unpaired) electrons. The summed E-state index contributed by atoms with van der Waals surface area (Å²) >= 11 is 0. The van der Waals surface area contributed by atoms with Gasteiger partial charge in [-0.2, -0.15) is 0 Å². The number of nitrogens with one attached hydrogen (secondary N) is 1. The fraction of sp³-hybridized carbons (Fsp3) is 0.938. The molecular weight excluding hydrogens is 268 g/mol. The lowest BCUT2D eigenvalue weighted by molar-refractivity contribution is -0.151.